The Balaban J connectivity index is 1.54. The van der Waals surface area contributed by atoms with Crippen LogP contribution in [0.2, 0.25) is 0 Å². The summed E-state index contributed by atoms with van der Waals surface area (Å²) in [6, 6.07) is 17.9. The minimum absolute atomic E-state index is 0.0301. The first-order valence-electron chi connectivity index (χ1n) is 9.85. The Morgan fingerprint density at radius 2 is 1.97 bits per heavy atom. The molecule has 156 valence electrons. The topological polar surface area (TPSA) is 87.4 Å². The summed E-state index contributed by atoms with van der Waals surface area (Å²) in [6.45, 7) is 3.99. The van der Waals surface area contributed by atoms with E-state index in [4.69, 9.17) is 16.6 Å². The Bertz CT molecular complexity index is 1300. The summed E-state index contributed by atoms with van der Waals surface area (Å²) in [5.74, 6) is 0.0348. The maximum absolute atomic E-state index is 12.4. The zero-order valence-corrected chi connectivity index (χ0v) is 17.9. The van der Waals surface area contributed by atoms with Gasteiger partial charge in [0.25, 0.3) is 5.91 Å². The highest BCUT2D eigenvalue weighted by atomic mass is 32.1. The van der Waals surface area contributed by atoms with Gasteiger partial charge in [0, 0.05) is 11.3 Å². The lowest BCUT2D eigenvalue weighted by Gasteiger charge is -2.11. The highest BCUT2D eigenvalue weighted by Gasteiger charge is 2.15. The number of rotatable bonds is 4. The minimum Gasteiger partial charge on any atom is -0.507 e. The molecular weight excluding hydrogens is 410 g/mol. The number of anilines is 1. The molecule has 1 heterocycles. The maximum Gasteiger partial charge on any atom is 0.257 e. The predicted molar refractivity (Wildman–Crippen MR) is 125 cm³/mol. The van der Waals surface area contributed by atoms with Crippen LogP contribution < -0.4 is 10.6 Å². The van der Waals surface area contributed by atoms with Gasteiger partial charge in [0.2, 0.25) is 5.89 Å². The fourth-order valence-electron chi connectivity index (χ4n) is 3.22. The van der Waals surface area contributed by atoms with E-state index in [9.17, 15) is 9.90 Å². The van der Waals surface area contributed by atoms with Crippen LogP contribution in [0.4, 0.5) is 5.69 Å². The third-order valence-corrected chi connectivity index (χ3v) is 5.06. The van der Waals surface area contributed by atoms with Crippen molar-refractivity contribution in [2.75, 3.05) is 5.32 Å². The lowest BCUT2D eigenvalue weighted by atomic mass is 10.1. The molecule has 0 fully saturated rings. The first-order valence-corrected chi connectivity index (χ1v) is 10.3. The number of hydrogen-bond donors (Lipinski definition) is 3. The molecule has 0 aliphatic rings. The fraction of sp³-hybridized carbons (Fsp3) is 0.125. The number of nitrogens with one attached hydrogen (secondary N) is 2. The van der Waals surface area contributed by atoms with Gasteiger partial charge in [-0.1, -0.05) is 30.7 Å². The molecule has 3 aromatic carbocycles. The quantitative estimate of drug-likeness (QED) is 0.304. The summed E-state index contributed by atoms with van der Waals surface area (Å²) in [5, 5.41) is 16.1. The van der Waals surface area contributed by atoms with Crippen molar-refractivity contribution in [2.24, 2.45) is 0 Å². The molecule has 0 atom stereocenters. The summed E-state index contributed by atoms with van der Waals surface area (Å²) in [6.07, 6.45) is 0.897. The molecule has 0 saturated heterocycles. The van der Waals surface area contributed by atoms with Gasteiger partial charge < -0.3 is 14.8 Å². The number of nitrogens with zero attached hydrogens (tertiary/aromatic N) is 1. The number of carbonyl (C=O) groups is 1. The number of aromatic hydroxyl groups is 1. The van der Waals surface area contributed by atoms with E-state index in [1.54, 1.807) is 24.3 Å². The SMILES string of the molecule is CCc1ccc2oc(-c3cc(NC(=S)NC(=O)c4cccc(C)c4)ccc3O)nc2c1. The largest absolute Gasteiger partial charge is 0.507 e. The molecule has 0 aliphatic heterocycles. The Morgan fingerprint density at radius 1 is 1.13 bits per heavy atom. The molecule has 0 aliphatic carbocycles. The molecule has 0 spiro atoms. The van der Waals surface area contributed by atoms with Crippen LogP contribution in [0.15, 0.2) is 65.1 Å². The molecular formula is C24H21N3O3S. The smallest absolute Gasteiger partial charge is 0.257 e. The third-order valence-electron chi connectivity index (χ3n) is 4.85. The standard InChI is InChI=1S/C24H21N3O3S/c1-3-15-7-10-21-19(12-15)26-23(30-21)18-13-17(8-9-20(18)28)25-24(31)27-22(29)16-6-4-5-14(2)11-16/h4-13,28H,3H2,1-2H3,(H2,25,27,29,31). The lowest BCUT2D eigenvalue weighted by molar-refractivity contribution is 0.0977. The van der Waals surface area contributed by atoms with Crippen molar-refractivity contribution in [3.63, 3.8) is 0 Å². The first-order chi connectivity index (χ1) is 14.9. The number of benzene rings is 3. The van der Waals surface area contributed by atoms with Gasteiger partial charge in [-0.25, -0.2) is 4.98 Å². The van der Waals surface area contributed by atoms with Gasteiger partial charge in [-0.05, 0) is 73.6 Å². The second-order valence-electron chi connectivity index (χ2n) is 7.18. The number of hydrogen-bond acceptors (Lipinski definition) is 5. The van der Waals surface area contributed by atoms with Crippen LogP contribution >= 0.6 is 12.2 Å². The molecule has 3 N–H and O–H groups in total. The second-order valence-corrected chi connectivity index (χ2v) is 7.59. The van der Waals surface area contributed by atoms with Gasteiger partial charge in [0.15, 0.2) is 10.7 Å². The zero-order chi connectivity index (χ0) is 22.0. The molecule has 4 rings (SSSR count). The van der Waals surface area contributed by atoms with Gasteiger partial charge in [0.05, 0.1) is 5.56 Å². The van der Waals surface area contributed by atoms with Crippen LogP contribution in [0.3, 0.4) is 0 Å². The predicted octanol–water partition coefficient (Wildman–Crippen LogP) is 5.20. The molecule has 1 aromatic heterocycles. The molecule has 0 radical (unpaired) electrons. The fourth-order valence-corrected chi connectivity index (χ4v) is 3.43. The van der Waals surface area contributed by atoms with E-state index in [0.717, 1.165) is 23.1 Å². The number of amides is 1. The number of phenols is 1. The summed E-state index contributed by atoms with van der Waals surface area (Å²) >= 11 is 5.27. The summed E-state index contributed by atoms with van der Waals surface area (Å²) in [4.78, 5) is 16.9. The highest BCUT2D eigenvalue weighted by molar-refractivity contribution is 7.80. The van der Waals surface area contributed by atoms with Crippen molar-refractivity contribution in [1.29, 1.82) is 0 Å². The zero-order valence-electron chi connectivity index (χ0n) is 17.1. The van der Waals surface area contributed by atoms with Crippen molar-refractivity contribution in [3.8, 4) is 17.2 Å². The number of aryl methyl sites for hydroxylation is 2. The van der Waals surface area contributed by atoms with E-state index in [1.807, 2.05) is 37.3 Å². The van der Waals surface area contributed by atoms with E-state index in [0.29, 0.717) is 28.3 Å². The van der Waals surface area contributed by atoms with Crippen LogP contribution in [0.1, 0.15) is 28.4 Å². The molecule has 0 saturated carbocycles. The average molecular weight is 432 g/mol. The normalized spacial score (nSPS) is 10.8. The van der Waals surface area contributed by atoms with Crippen molar-refractivity contribution >= 4 is 40.0 Å². The van der Waals surface area contributed by atoms with Crippen LogP contribution in [-0.2, 0) is 6.42 Å². The number of fused-ring (bicyclic) bond motifs is 1. The second kappa shape index (κ2) is 8.57. The summed E-state index contributed by atoms with van der Waals surface area (Å²) < 4.78 is 5.83. The van der Waals surface area contributed by atoms with Crippen LogP contribution in [-0.4, -0.2) is 21.1 Å². The van der Waals surface area contributed by atoms with Crippen LogP contribution in [0.5, 0.6) is 5.75 Å². The van der Waals surface area contributed by atoms with Crippen molar-refractivity contribution in [2.45, 2.75) is 20.3 Å². The molecule has 0 unspecified atom stereocenters. The van der Waals surface area contributed by atoms with Crippen molar-refractivity contribution < 1.29 is 14.3 Å². The van der Waals surface area contributed by atoms with Gasteiger partial charge >= 0.3 is 0 Å². The van der Waals surface area contributed by atoms with Crippen LogP contribution in [0.25, 0.3) is 22.6 Å². The Hall–Kier alpha value is -3.71. The summed E-state index contributed by atoms with van der Waals surface area (Å²) in [5.41, 5.74) is 5.04. The van der Waals surface area contributed by atoms with Crippen molar-refractivity contribution in [3.05, 3.63) is 77.4 Å². The van der Waals surface area contributed by atoms with E-state index < -0.39 is 0 Å². The van der Waals surface area contributed by atoms with Gasteiger partial charge in [-0.3, -0.25) is 10.1 Å². The third kappa shape index (κ3) is 4.57. The number of carbonyl (C=O) groups excluding carboxylic acids is 1. The van der Waals surface area contributed by atoms with E-state index >= 15 is 0 Å². The maximum atomic E-state index is 12.4. The molecule has 6 nitrogen and oxygen atoms in total. The Labute approximate surface area is 184 Å². The Kier molecular flexibility index (Phi) is 5.68. The van der Waals surface area contributed by atoms with Gasteiger partial charge in [-0.15, -0.1) is 0 Å². The molecule has 0 bridgehead atoms. The monoisotopic (exact) mass is 431 g/mol. The van der Waals surface area contributed by atoms with Crippen LogP contribution in [0, 0.1) is 6.92 Å². The highest BCUT2D eigenvalue weighted by Crippen LogP contribution is 2.33. The average Bonchev–Trinajstić information content (AvgIpc) is 3.18. The molecule has 31 heavy (non-hydrogen) atoms. The van der Waals surface area contributed by atoms with E-state index in [2.05, 4.69) is 22.5 Å². The lowest BCUT2D eigenvalue weighted by Crippen LogP contribution is -2.34. The first kappa shape index (κ1) is 20.6. The Morgan fingerprint density at radius 3 is 2.74 bits per heavy atom. The van der Waals surface area contributed by atoms with Crippen molar-refractivity contribution in [1.82, 2.24) is 10.3 Å². The minimum atomic E-state index is -0.300. The van der Waals surface area contributed by atoms with E-state index in [-0.39, 0.29) is 16.8 Å². The van der Waals surface area contributed by atoms with E-state index in [1.165, 1.54) is 6.07 Å². The number of thiocarbonyl (C=S) groups is 1. The van der Waals surface area contributed by atoms with Gasteiger partial charge in [0.1, 0.15) is 11.3 Å². The van der Waals surface area contributed by atoms with Gasteiger partial charge in [-0.2, -0.15) is 0 Å². The molecule has 7 heteroatoms. The molecule has 1 amide bonds. The summed E-state index contributed by atoms with van der Waals surface area (Å²) in [7, 11) is 0. The number of phenolic OH excluding ortho intramolecular Hbond substituents is 1. The number of oxazole rings is 1. The molecule has 4 aromatic rings. The number of aromatic nitrogens is 1.